The van der Waals surface area contributed by atoms with E-state index in [-0.39, 0.29) is 18.3 Å². The number of carbonyl (C=O) groups is 1. The highest BCUT2D eigenvalue weighted by atomic mass is 32.1. The summed E-state index contributed by atoms with van der Waals surface area (Å²) in [5.74, 6) is -0.457. The van der Waals surface area contributed by atoms with Crippen LogP contribution in [0.4, 0.5) is 0 Å². The van der Waals surface area contributed by atoms with Gasteiger partial charge in [0.2, 0.25) is 5.91 Å². The van der Waals surface area contributed by atoms with Crippen LogP contribution in [0.5, 0.6) is 0 Å². The zero-order valence-corrected chi connectivity index (χ0v) is 13.7. The first-order valence-corrected chi connectivity index (χ1v) is 8.91. The van der Waals surface area contributed by atoms with E-state index in [2.05, 4.69) is 11.2 Å². The van der Waals surface area contributed by atoms with Crippen molar-refractivity contribution in [1.29, 1.82) is 0 Å². The number of carbonyl (C=O) groups excluding carboxylic acids is 1. The van der Waals surface area contributed by atoms with Crippen molar-refractivity contribution < 1.29 is 9.21 Å². The van der Waals surface area contributed by atoms with Crippen LogP contribution in [-0.4, -0.2) is 27.1 Å². The Morgan fingerprint density at radius 1 is 1.30 bits per heavy atom. The average Bonchev–Trinajstić information content (AvgIpc) is 3.27. The van der Waals surface area contributed by atoms with Crippen molar-refractivity contribution in [3.05, 3.63) is 50.0 Å². The molecule has 118 valence electrons. The summed E-state index contributed by atoms with van der Waals surface area (Å²) in [5, 5.41) is 8.05. The topological polar surface area (TPSA) is 68.3 Å². The van der Waals surface area contributed by atoms with Gasteiger partial charge >= 0.3 is 5.76 Å². The first kappa shape index (κ1) is 14.4. The molecule has 1 aliphatic rings. The number of hydrogen-bond donors (Lipinski definition) is 0. The number of hydrogen-bond acceptors (Lipinski definition) is 6. The lowest BCUT2D eigenvalue weighted by Gasteiger charge is -2.26. The van der Waals surface area contributed by atoms with E-state index in [0.29, 0.717) is 13.1 Å². The van der Waals surface area contributed by atoms with Gasteiger partial charge in [0, 0.05) is 18.0 Å². The van der Waals surface area contributed by atoms with Crippen LogP contribution in [0.1, 0.15) is 10.4 Å². The zero-order valence-electron chi connectivity index (χ0n) is 12.1. The number of nitrogens with zero attached hydrogens (tertiary/aromatic N) is 3. The first-order valence-electron chi connectivity index (χ1n) is 7.15. The summed E-state index contributed by atoms with van der Waals surface area (Å²) in [6, 6.07) is 5.73. The van der Waals surface area contributed by atoms with Crippen molar-refractivity contribution in [2.45, 2.75) is 19.5 Å². The Hall–Kier alpha value is -2.19. The fraction of sp³-hybridized carbons (Fsp3) is 0.267. The highest BCUT2D eigenvalue weighted by Gasteiger charge is 2.23. The van der Waals surface area contributed by atoms with Crippen molar-refractivity contribution in [1.82, 2.24) is 14.7 Å². The molecule has 0 unspecified atom stereocenters. The van der Waals surface area contributed by atoms with Crippen LogP contribution in [0, 0.1) is 0 Å². The van der Waals surface area contributed by atoms with Crippen LogP contribution in [0.2, 0.25) is 0 Å². The predicted octanol–water partition coefficient (Wildman–Crippen LogP) is 2.21. The average molecular weight is 347 g/mol. The molecular formula is C15H13N3O3S2. The summed E-state index contributed by atoms with van der Waals surface area (Å²) in [6.45, 7) is 1.19. The quantitative estimate of drug-likeness (QED) is 0.728. The van der Waals surface area contributed by atoms with Crippen molar-refractivity contribution in [2.24, 2.45) is 0 Å². The largest absolute Gasteiger partial charge is 0.437 e. The van der Waals surface area contributed by atoms with Gasteiger partial charge in [0.15, 0.2) is 0 Å². The van der Waals surface area contributed by atoms with Gasteiger partial charge in [-0.2, -0.15) is 4.68 Å². The summed E-state index contributed by atoms with van der Waals surface area (Å²) in [6.07, 6.45) is 0.868. The van der Waals surface area contributed by atoms with E-state index in [1.165, 1.54) is 21.8 Å². The molecule has 0 aliphatic carbocycles. The maximum Gasteiger partial charge on any atom is 0.437 e. The molecule has 1 aliphatic heterocycles. The minimum atomic E-state index is -0.602. The molecular weight excluding hydrogens is 334 g/mol. The van der Waals surface area contributed by atoms with Crippen molar-refractivity contribution >= 4 is 28.6 Å². The molecule has 0 spiro atoms. The number of aromatic nitrogens is 2. The molecule has 3 aromatic rings. The third-order valence-electron chi connectivity index (χ3n) is 3.78. The van der Waals surface area contributed by atoms with Crippen molar-refractivity contribution in [3.63, 3.8) is 0 Å². The van der Waals surface area contributed by atoms with Gasteiger partial charge in [-0.3, -0.25) is 4.79 Å². The maximum absolute atomic E-state index is 12.4. The van der Waals surface area contributed by atoms with Gasteiger partial charge < -0.3 is 9.32 Å². The Kier molecular flexibility index (Phi) is 3.62. The van der Waals surface area contributed by atoms with Crippen LogP contribution < -0.4 is 5.76 Å². The van der Waals surface area contributed by atoms with Crippen LogP contribution in [0.3, 0.4) is 0 Å². The fourth-order valence-electron chi connectivity index (χ4n) is 2.60. The second-order valence-corrected chi connectivity index (χ2v) is 7.19. The molecule has 0 radical (unpaired) electrons. The number of amides is 1. The minimum Gasteiger partial charge on any atom is -0.387 e. The van der Waals surface area contributed by atoms with E-state index < -0.39 is 5.76 Å². The Morgan fingerprint density at radius 2 is 2.22 bits per heavy atom. The summed E-state index contributed by atoms with van der Waals surface area (Å²) < 4.78 is 6.23. The molecule has 0 fully saturated rings. The zero-order chi connectivity index (χ0) is 15.8. The molecule has 8 heteroatoms. The lowest BCUT2D eigenvalue weighted by molar-refractivity contribution is -0.133. The monoisotopic (exact) mass is 347 g/mol. The normalized spacial score (nSPS) is 14.0. The third kappa shape index (κ3) is 2.75. The molecule has 6 nitrogen and oxygen atoms in total. The second-order valence-electron chi connectivity index (χ2n) is 5.24. The Morgan fingerprint density at radius 3 is 3.04 bits per heavy atom. The molecule has 4 heterocycles. The summed E-state index contributed by atoms with van der Waals surface area (Å²) >= 11 is 3.16. The van der Waals surface area contributed by atoms with Crippen LogP contribution in [-0.2, 0) is 24.3 Å². The van der Waals surface area contributed by atoms with E-state index in [1.54, 1.807) is 16.2 Å². The molecule has 0 saturated heterocycles. The fourth-order valence-corrected chi connectivity index (χ4v) is 4.13. The number of fused-ring (bicyclic) bond motifs is 1. The number of thiophene rings is 2. The Bertz CT molecular complexity index is 891. The van der Waals surface area contributed by atoms with Gasteiger partial charge in [-0.05, 0) is 34.9 Å². The van der Waals surface area contributed by atoms with E-state index in [1.807, 2.05) is 22.9 Å². The van der Waals surface area contributed by atoms with Crippen LogP contribution in [0.25, 0.3) is 10.8 Å². The highest BCUT2D eigenvalue weighted by molar-refractivity contribution is 7.13. The van der Waals surface area contributed by atoms with Crippen molar-refractivity contribution in [2.75, 3.05) is 6.54 Å². The summed E-state index contributed by atoms with van der Waals surface area (Å²) in [5.41, 5.74) is 1.20. The van der Waals surface area contributed by atoms with Gasteiger partial charge in [0.1, 0.15) is 6.54 Å². The van der Waals surface area contributed by atoms with Gasteiger partial charge in [-0.15, -0.1) is 27.8 Å². The molecule has 23 heavy (non-hydrogen) atoms. The molecule has 0 bridgehead atoms. The molecule has 0 atom stereocenters. The highest BCUT2D eigenvalue weighted by Crippen LogP contribution is 2.24. The standard InChI is InChI=1S/C15H13N3O3S2/c19-13(17-5-3-11-10(8-17)4-7-23-11)9-18-15(20)21-14(16-18)12-2-1-6-22-12/h1-2,4,6-7H,3,5,8-9H2. The lowest BCUT2D eigenvalue weighted by Crippen LogP contribution is -2.39. The van der Waals surface area contributed by atoms with Gasteiger partial charge in [-0.1, -0.05) is 6.07 Å². The SMILES string of the molecule is O=C(Cn1nc(-c2cccs2)oc1=O)N1CCc2sccc2C1. The van der Waals surface area contributed by atoms with Gasteiger partial charge in [0.25, 0.3) is 5.89 Å². The van der Waals surface area contributed by atoms with Crippen molar-refractivity contribution in [3.8, 4) is 10.8 Å². The van der Waals surface area contributed by atoms with Crippen LogP contribution >= 0.6 is 22.7 Å². The van der Waals surface area contributed by atoms with E-state index in [9.17, 15) is 9.59 Å². The second kappa shape index (κ2) is 5.78. The van der Waals surface area contributed by atoms with E-state index in [0.717, 1.165) is 16.0 Å². The van der Waals surface area contributed by atoms with Gasteiger partial charge in [-0.25, -0.2) is 4.79 Å². The summed E-state index contributed by atoms with van der Waals surface area (Å²) in [4.78, 5) is 28.2. The molecule has 1 amide bonds. The van der Waals surface area contributed by atoms with E-state index >= 15 is 0 Å². The molecule has 4 rings (SSSR count). The summed E-state index contributed by atoms with van der Waals surface area (Å²) in [7, 11) is 0. The lowest BCUT2D eigenvalue weighted by atomic mass is 10.1. The molecule has 0 N–H and O–H groups in total. The number of rotatable bonds is 3. The smallest absolute Gasteiger partial charge is 0.387 e. The maximum atomic E-state index is 12.4. The van der Waals surface area contributed by atoms with E-state index in [4.69, 9.17) is 4.42 Å². The third-order valence-corrected chi connectivity index (χ3v) is 5.66. The predicted molar refractivity (Wildman–Crippen MR) is 87.5 cm³/mol. The molecule has 0 aromatic carbocycles. The Labute approximate surface area is 139 Å². The van der Waals surface area contributed by atoms with Crippen LogP contribution in [0.15, 0.2) is 38.2 Å². The molecule has 3 aromatic heterocycles. The first-order chi connectivity index (χ1) is 11.2. The Balaban J connectivity index is 1.50. The minimum absolute atomic E-state index is 0.0901. The molecule has 0 saturated carbocycles. The van der Waals surface area contributed by atoms with Gasteiger partial charge in [0.05, 0.1) is 4.88 Å².